The molecule has 202 valence electrons. The van der Waals surface area contributed by atoms with E-state index in [1.165, 1.54) is 6.07 Å². The van der Waals surface area contributed by atoms with Crippen LogP contribution in [-0.4, -0.2) is 71.4 Å². The van der Waals surface area contributed by atoms with Crippen molar-refractivity contribution >= 4 is 27.5 Å². The second-order valence-corrected chi connectivity index (χ2v) is 10.8. The lowest BCUT2D eigenvalue weighted by molar-refractivity contribution is 0.108. The van der Waals surface area contributed by atoms with Gasteiger partial charge in [0.2, 0.25) is 0 Å². The maximum absolute atomic E-state index is 16.4. The molecule has 2 aromatic heterocycles. The minimum Gasteiger partial charge on any atom is -0.461 e. The number of hydrogen-bond acceptors (Lipinski definition) is 7. The number of fused-ring (bicyclic) bond motifs is 3. The summed E-state index contributed by atoms with van der Waals surface area (Å²) in [5, 5.41) is 1.53. The monoisotopic (exact) mass is 531 g/mol. The van der Waals surface area contributed by atoms with Crippen LogP contribution in [0.25, 0.3) is 32.9 Å². The highest BCUT2D eigenvalue weighted by Crippen LogP contribution is 2.40. The first kappa shape index (κ1) is 24.6. The first-order valence-electron chi connectivity index (χ1n) is 13.9. The van der Waals surface area contributed by atoms with Gasteiger partial charge in [0.25, 0.3) is 0 Å². The van der Waals surface area contributed by atoms with Gasteiger partial charge in [0, 0.05) is 36.8 Å². The number of anilines is 1. The van der Waals surface area contributed by atoms with Crippen LogP contribution in [-0.2, 0) is 4.74 Å². The van der Waals surface area contributed by atoms with Crippen LogP contribution in [0.1, 0.15) is 32.1 Å². The summed E-state index contributed by atoms with van der Waals surface area (Å²) in [6, 6.07) is 10.3. The van der Waals surface area contributed by atoms with Crippen molar-refractivity contribution in [3.63, 3.8) is 0 Å². The van der Waals surface area contributed by atoms with Crippen LogP contribution < -0.4 is 9.64 Å². The lowest BCUT2D eigenvalue weighted by Gasteiger charge is -2.31. The third kappa shape index (κ3) is 4.28. The Hall–Kier alpha value is -3.43. The second kappa shape index (κ2) is 9.95. The number of ether oxygens (including phenoxy) is 2. The number of hydrogen-bond donors (Lipinski definition) is 0. The van der Waals surface area contributed by atoms with Gasteiger partial charge in [-0.2, -0.15) is 9.97 Å². The molecular formula is C30H31F2N5O2. The van der Waals surface area contributed by atoms with Gasteiger partial charge < -0.3 is 14.4 Å². The standard InChI is InChI=1S/C30H31F2N5O2/c31-23-9-2-7-20-6-1-8-21(24(20)23)26-25(32)27-22(18-33-26)28(36-12-5-16-38-17-15-36)35-29(34-27)39-19-30-10-3-13-37(30)14-4-11-30/h1-2,6-9,18H,3-5,10-17,19H2. The quantitative estimate of drug-likeness (QED) is 0.344. The van der Waals surface area contributed by atoms with Crippen LogP contribution >= 0.6 is 0 Å². The largest absolute Gasteiger partial charge is 0.461 e. The highest BCUT2D eigenvalue weighted by molar-refractivity contribution is 5.99. The number of benzene rings is 2. The number of aromatic nitrogens is 3. The Morgan fingerprint density at radius 1 is 0.923 bits per heavy atom. The third-order valence-electron chi connectivity index (χ3n) is 8.56. The van der Waals surface area contributed by atoms with Crippen molar-refractivity contribution in [1.82, 2.24) is 19.9 Å². The van der Waals surface area contributed by atoms with Gasteiger partial charge in [-0.25, -0.2) is 8.78 Å². The van der Waals surface area contributed by atoms with E-state index in [9.17, 15) is 4.39 Å². The predicted octanol–water partition coefficient (Wildman–Crippen LogP) is 5.36. The van der Waals surface area contributed by atoms with Gasteiger partial charge in [-0.05, 0) is 56.6 Å². The summed E-state index contributed by atoms with van der Waals surface area (Å²) < 4.78 is 43.3. The minimum atomic E-state index is -0.607. The van der Waals surface area contributed by atoms with E-state index < -0.39 is 11.6 Å². The third-order valence-corrected chi connectivity index (χ3v) is 8.56. The van der Waals surface area contributed by atoms with Gasteiger partial charge in [-0.15, -0.1) is 0 Å². The molecule has 3 aliphatic heterocycles. The lowest BCUT2D eigenvalue weighted by atomic mass is 9.95. The Labute approximate surface area is 225 Å². The summed E-state index contributed by atoms with van der Waals surface area (Å²) >= 11 is 0. The average molecular weight is 532 g/mol. The maximum Gasteiger partial charge on any atom is 0.319 e. The number of rotatable bonds is 5. The Kier molecular flexibility index (Phi) is 6.28. The van der Waals surface area contributed by atoms with Crippen LogP contribution in [0.4, 0.5) is 14.6 Å². The van der Waals surface area contributed by atoms with Crippen molar-refractivity contribution in [3.05, 3.63) is 54.2 Å². The van der Waals surface area contributed by atoms with E-state index in [1.807, 2.05) is 12.1 Å². The Bertz CT molecular complexity index is 1520. The molecule has 0 unspecified atom stereocenters. The Morgan fingerprint density at radius 2 is 1.74 bits per heavy atom. The van der Waals surface area contributed by atoms with E-state index in [-0.39, 0.29) is 22.8 Å². The molecule has 5 heterocycles. The van der Waals surface area contributed by atoms with E-state index >= 15 is 4.39 Å². The molecule has 4 aromatic rings. The maximum atomic E-state index is 16.4. The normalized spacial score (nSPS) is 19.5. The summed E-state index contributed by atoms with van der Waals surface area (Å²) in [5.41, 5.74) is 0.592. The van der Waals surface area contributed by atoms with Crippen molar-refractivity contribution in [1.29, 1.82) is 0 Å². The Balaban J connectivity index is 1.35. The second-order valence-electron chi connectivity index (χ2n) is 10.8. The van der Waals surface area contributed by atoms with Gasteiger partial charge in [-0.3, -0.25) is 9.88 Å². The number of halogens is 2. The summed E-state index contributed by atoms with van der Waals surface area (Å²) in [4.78, 5) is 18.5. The van der Waals surface area contributed by atoms with Gasteiger partial charge in [0.05, 0.1) is 17.5 Å². The van der Waals surface area contributed by atoms with Crippen LogP contribution in [0.15, 0.2) is 42.6 Å². The van der Waals surface area contributed by atoms with Crippen LogP contribution in [0.3, 0.4) is 0 Å². The molecule has 7 nitrogen and oxygen atoms in total. The zero-order chi connectivity index (χ0) is 26.4. The van der Waals surface area contributed by atoms with E-state index in [1.54, 1.807) is 24.4 Å². The van der Waals surface area contributed by atoms with Crippen LogP contribution in [0.2, 0.25) is 0 Å². The van der Waals surface area contributed by atoms with Gasteiger partial charge in [0.15, 0.2) is 5.82 Å². The number of pyridine rings is 1. The van der Waals surface area contributed by atoms with E-state index in [4.69, 9.17) is 14.5 Å². The molecular weight excluding hydrogens is 500 g/mol. The molecule has 3 aliphatic rings. The predicted molar refractivity (Wildman–Crippen MR) is 146 cm³/mol. The summed E-state index contributed by atoms with van der Waals surface area (Å²) in [7, 11) is 0. The highest BCUT2D eigenvalue weighted by Gasteiger charge is 2.45. The molecule has 0 N–H and O–H groups in total. The summed E-state index contributed by atoms with van der Waals surface area (Å²) in [5.74, 6) is -0.433. The van der Waals surface area contributed by atoms with E-state index in [0.29, 0.717) is 53.9 Å². The van der Waals surface area contributed by atoms with Crippen molar-refractivity contribution in [2.24, 2.45) is 0 Å². The molecule has 0 spiro atoms. The van der Waals surface area contributed by atoms with Gasteiger partial charge >= 0.3 is 6.01 Å². The van der Waals surface area contributed by atoms with Crippen molar-refractivity contribution in [2.45, 2.75) is 37.6 Å². The molecule has 0 amide bonds. The van der Waals surface area contributed by atoms with Crippen molar-refractivity contribution < 1.29 is 18.3 Å². The SMILES string of the molecule is Fc1c(-c2cccc3cccc(F)c23)ncc2c(N3CCCOCC3)nc(OCC34CCCN3CCC4)nc12. The number of nitrogens with zero attached hydrogens (tertiary/aromatic N) is 5. The first-order valence-corrected chi connectivity index (χ1v) is 13.9. The molecule has 0 saturated carbocycles. The molecule has 7 rings (SSSR count). The fraction of sp³-hybridized carbons (Fsp3) is 0.433. The van der Waals surface area contributed by atoms with Crippen LogP contribution in [0, 0.1) is 11.6 Å². The average Bonchev–Trinajstić information content (AvgIpc) is 3.41. The Morgan fingerprint density at radius 3 is 2.59 bits per heavy atom. The smallest absolute Gasteiger partial charge is 0.319 e. The first-order chi connectivity index (χ1) is 19.1. The molecule has 9 heteroatoms. The lowest BCUT2D eigenvalue weighted by Crippen LogP contribution is -2.43. The molecule has 3 saturated heterocycles. The van der Waals surface area contributed by atoms with E-state index in [0.717, 1.165) is 51.7 Å². The molecule has 0 bridgehead atoms. The van der Waals surface area contributed by atoms with Crippen LogP contribution in [0.5, 0.6) is 6.01 Å². The van der Waals surface area contributed by atoms with E-state index in [2.05, 4.69) is 19.8 Å². The molecule has 0 radical (unpaired) electrons. The molecule has 2 aromatic carbocycles. The highest BCUT2D eigenvalue weighted by atomic mass is 19.1. The molecule has 3 fully saturated rings. The topological polar surface area (TPSA) is 63.6 Å². The summed E-state index contributed by atoms with van der Waals surface area (Å²) in [6.07, 6.45) is 6.94. The zero-order valence-corrected chi connectivity index (χ0v) is 21.8. The van der Waals surface area contributed by atoms with Crippen molar-refractivity contribution in [2.75, 3.05) is 50.9 Å². The molecule has 39 heavy (non-hydrogen) atoms. The summed E-state index contributed by atoms with van der Waals surface area (Å²) in [6.45, 7) is 5.24. The molecule has 0 atom stereocenters. The fourth-order valence-electron chi connectivity index (χ4n) is 6.63. The molecule has 0 aliphatic carbocycles. The minimum absolute atomic E-state index is 0.0113. The van der Waals surface area contributed by atoms with Crippen molar-refractivity contribution in [3.8, 4) is 17.3 Å². The van der Waals surface area contributed by atoms with Gasteiger partial charge in [-0.1, -0.05) is 30.3 Å². The zero-order valence-electron chi connectivity index (χ0n) is 21.8. The fourth-order valence-corrected chi connectivity index (χ4v) is 6.63. The van der Waals surface area contributed by atoms with Gasteiger partial charge in [0.1, 0.15) is 29.5 Å².